The van der Waals surface area contributed by atoms with E-state index in [2.05, 4.69) is 10.2 Å². The highest BCUT2D eigenvalue weighted by Gasteiger charge is 2.27. The summed E-state index contributed by atoms with van der Waals surface area (Å²) in [6.07, 6.45) is 3.76. The Labute approximate surface area is 179 Å². The molecule has 0 spiro atoms. The van der Waals surface area contributed by atoms with Crippen molar-refractivity contribution in [2.75, 3.05) is 13.1 Å². The van der Waals surface area contributed by atoms with Gasteiger partial charge in [-0.3, -0.25) is 0 Å². The van der Waals surface area contributed by atoms with Gasteiger partial charge >= 0.3 is 5.69 Å². The molecule has 4 rings (SSSR count). The minimum atomic E-state index is -3.45. The molecule has 2 aromatic heterocycles. The van der Waals surface area contributed by atoms with Crippen molar-refractivity contribution in [1.82, 2.24) is 19.1 Å². The average molecular weight is 445 g/mol. The first-order chi connectivity index (χ1) is 14.4. The number of H-pyrrole nitrogens is 1. The van der Waals surface area contributed by atoms with E-state index in [-0.39, 0.29) is 11.6 Å². The van der Waals surface area contributed by atoms with Gasteiger partial charge in [0, 0.05) is 24.9 Å². The van der Waals surface area contributed by atoms with Crippen LogP contribution in [0.4, 0.5) is 0 Å². The zero-order valence-corrected chi connectivity index (χ0v) is 18.3. The van der Waals surface area contributed by atoms with Gasteiger partial charge in [-0.25, -0.2) is 22.9 Å². The summed E-state index contributed by atoms with van der Waals surface area (Å²) >= 11 is 1.49. The number of piperidine rings is 1. The Hall–Kier alpha value is -2.49. The quantitative estimate of drug-likeness (QED) is 0.632. The maximum absolute atomic E-state index is 12.7. The number of aromatic amines is 1. The van der Waals surface area contributed by atoms with E-state index < -0.39 is 10.0 Å². The van der Waals surface area contributed by atoms with E-state index in [0.29, 0.717) is 25.3 Å². The van der Waals surface area contributed by atoms with Gasteiger partial charge in [-0.2, -0.15) is 9.40 Å². The van der Waals surface area contributed by atoms with Crippen molar-refractivity contribution in [3.05, 3.63) is 74.6 Å². The summed E-state index contributed by atoms with van der Waals surface area (Å²) in [5.41, 5.74) is 1.76. The summed E-state index contributed by atoms with van der Waals surface area (Å²) in [6, 6.07) is 11.5. The molecule has 0 amide bonds. The lowest BCUT2D eigenvalue weighted by Gasteiger charge is -2.30. The molecule has 1 aliphatic rings. The number of hydrogen-bond acceptors (Lipinski definition) is 5. The number of nitrogens with zero attached hydrogens (tertiary/aromatic N) is 3. The van der Waals surface area contributed by atoms with Gasteiger partial charge in [-0.05, 0) is 54.8 Å². The molecule has 0 bridgehead atoms. The van der Waals surface area contributed by atoms with Gasteiger partial charge in [0.2, 0.25) is 10.0 Å². The maximum atomic E-state index is 12.7. The molecule has 0 radical (unpaired) electrons. The molecule has 30 heavy (non-hydrogen) atoms. The van der Waals surface area contributed by atoms with Crippen LogP contribution in [0.25, 0.3) is 11.1 Å². The van der Waals surface area contributed by atoms with Crippen LogP contribution in [0, 0.1) is 12.8 Å². The van der Waals surface area contributed by atoms with E-state index >= 15 is 0 Å². The van der Waals surface area contributed by atoms with E-state index in [0.717, 1.165) is 29.0 Å². The van der Waals surface area contributed by atoms with Crippen molar-refractivity contribution in [3.8, 4) is 5.00 Å². The first-order valence-corrected chi connectivity index (χ1v) is 12.3. The van der Waals surface area contributed by atoms with Crippen molar-refractivity contribution in [1.29, 1.82) is 0 Å². The summed E-state index contributed by atoms with van der Waals surface area (Å²) < 4.78 is 28.5. The summed E-state index contributed by atoms with van der Waals surface area (Å²) in [5, 5.41) is 10.8. The van der Waals surface area contributed by atoms with Crippen LogP contribution in [0.5, 0.6) is 0 Å². The highest BCUT2D eigenvalue weighted by Crippen LogP contribution is 2.24. The Kier molecular flexibility index (Phi) is 6.03. The summed E-state index contributed by atoms with van der Waals surface area (Å²) in [4.78, 5) is 12.1. The fourth-order valence-corrected chi connectivity index (χ4v) is 5.61. The fourth-order valence-electron chi connectivity index (χ4n) is 3.65. The van der Waals surface area contributed by atoms with Gasteiger partial charge in [0.05, 0.1) is 0 Å². The molecule has 1 N–H and O–H groups in total. The number of benzene rings is 1. The number of hydrogen-bond donors (Lipinski definition) is 1. The van der Waals surface area contributed by atoms with Crippen molar-refractivity contribution in [2.45, 2.75) is 26.2 Å². The van der Waals surface area contributed by atoms with Crippen molar-refractivity contribution in [3.63, 3.8) is 0 Å². The summed E-state index contributed by atoms with van der Waals surface area (Å²) in [7, 11) is -3.45. The molecule has 0 atom stereocenters. The molecule has 1 aromatic carbocycles. The highest BCUT2D eigenvalue weighted by atomic mass is 32.2. The third-order valence-electron chi connectivity index (χ3n) is 5.38. The number of nitrogens with one attached hydrogen (secondary N) is 1. The maximum Gasteiger partial charge on any atom is 0.348 e. The van der Waals surface area contributed by atoms with Gasteiger partial charge in [0.25, 0.3) is 0 Å². The van der Waals surface area contributed by atoms with Gasteiger partial charge in [0.1, 0.15) is 10.8 Å². The number of rotatable bonds is 6. The minimum absolute atomic E-state index is 0.242. The van der Waals surface area contributed by atoms with Gasteiger partial charge in [0.15, 0.2) is 0 Å². The van der Waals surface area contributed by atoms with E-state index in [9.17, 15) is 13.2 Å². The summed E-state index contributed by atoms with van der Waals surface area (Å²) in [6.45, 7) is 2.94. The Bertz CT molecular complexity index is 1170. The highest BCUT2D eigenvalue weighted by molar-refractivity contribution is 7.92. The van der Waals surface area contributed by atoms with Crippen LogP contribution in [0.15, 0.2) is 52.0 Å². The molecule has 3 aromatic rings. The smallest absolute Gasteiger partial charge is 0.246 e. The molecule has 7 nitrogen and oxygen atoms in total. The normalized spacial score (nSPS) is 16.4. The molecule has 158 valence electrons. The van der Waals surface area contributed by atoms with E-state index in [1.165, 1.54) is 21.1 Å². The molecule has 3 heterocycles. The number of sulfonamides is 1. The monoisotopic (exact) mass is 444 g/mol. The molecular formula is C21H24N4O3S2. The molecular weight excluding hydrogens is 420 g/mol. The van der Waals surface area contributed by atoms with Crippen molar-refractivity contribution in [2.24, 2.45) is 5.92 Å². The molecule has 0 unspecified atom stereocenters. The van der Waals surface area contributed by atoms with E-state index in [4.69, 9.17) is 0 Å². The second-order valence-corrected chi connectivity index (χ2v) is 10.3. The molecule has 0 saturated carbocycles. The SMILES string of the molecule is Cc1ccc(/C=C/S(=O)(=O)N2CCC(Cc3n[nH]c(=O)n3-c3cccs3)CC2)cc1. The summed E-state index contributed by atoms with van der Waals surface area (Å²) in [5.74, 6) is 0.981. The fraction of sp³-hybridized carbons (Fsp3) is 0.333. The van der Waals surface area contributed by atoms with Crippen LogP contribution >= 0.6 is 11.3 Å². The van der Waals surface area contributed by atoms with Crippen LogP contribution < -0.4 is 5.69 Å². The Morgan fingerprint density at radius 1 is 1.20 bits per heavy atom. The number of thiophene rings is 1. The van der Waals surface area contributed by atoms with Crippen molar-refractivity contribution >= 4 is 27.4 Å². The molecule has 1 fully saturated rings. The van der Waals surface area contributed by atoms with Crippen LogP contribution in [0.3, 0.4) is 0 Å². The molecule has 0 aliphatic carbocycles. The first-order valence-electron chi connectivity index (χ1n) is 9.87. The van der Waals surface area contributed by atoms with Crippen LogP contribution in [-0.4, -0.2) is 40.6 Å². The third kappa shape index (κ3) is 4.63. The third-order valence-corrected chi connectivity index (χ3v) is 7.80. The van der Waals surface area contributed by atoms with E-state index in [1.54, 1.807) is 10.6 Å². The molecule has 1 aliphatic heterocycles. The van der Waals surface area contributed by atoms with E-state index in [1.807, 2.05) is 48.7 Å². The number of aryl methyl sites for hydroxylation is 1. The van der Waals surface area contributed by atoms with Gasteiger partial charge < -0.3 is 0 Å². The predicted molar refractivity (Wildman–Crippen MR) is 119 cm³/mol. The lowest BCUT2D eigenvalue weighted by molar-refractivity contribution is 0.272. The second-order valence-electron chi connectivity index (χ2n) is 7.54. The first kappa shape index (κ1) is 20.8. The molecule has 1 saturated heterocycles. The average Bonchev–Trinajstić information content (AvgIpc) is 3.38. The van der Waals surface area contributed by atoms with Gasteiger partial charge in [-0.15, -0.1) is 11.3 Å². The van der Waals surface area contributed by atoms with Gasteiger partial charge in [-0.1, -0.05) is 29.8 Å². The second kappa shape index (κ2) is 8.71. The van der Waals surface area contributed by atoms with Crippen LogP contribution in [0.2, 0.25) is 0 Å². The predicted octanol–water partition coefficient (Wildman–Crippen LogP) is 3.19. The number of aromatic nitrogens is 3. The zero-order valence-electron chi connectivity index (χ0n) is 16.7. The molecule has 9 heteroatoms. The lowest BCUT2D eigenvalue weighted by Crippen LogP contribution is -2.38. The lowest BCUT2D eigenvalue weighted by atomic mass is 9.94. The Morgan fingerprint density at radius 3 is 2.60 bits per heavy atom. The Morgan fingerprint density at radius 2 is 1.93 bits per heavy atom. The van der Waals surface area contributed by atoms with Crippen LogP contribution in [-0.2, 0) is 16.4 Å². The topological polar surface area (TPSA) is 88.1 Å². The zero-order chi connectivity index (χ0) is 21.1. The van der Waals surface area contributed by atoms with Crippen LogP contribution in [0.1, 0.15) is 29.8 Å². The largest absolute Gasteiger partial charge is 0.348 e. The van der Waals surface area contributed by atoms with Crippen molar-refractivity contribution < 1.29 is 8.42 Å². The Balaban J connectivity index is 1.38. The minimum Gasteiger partial charge on any atom is -0.246 e. The standard InChI is InChI=1S/C21H24N4O3S2/c1-16-4-6-17(7-5-16)10-14-30(27,28)24-11-8-18(9-12-24)15-19-22-23-21(26)25(19)20-3-2-13-29-20/h2-7,10,13-14,18H,8-9,11-12,15H2,1H3,(H,23,26)/b14-10+.